The Kier molecular flexibility index (Phi) is 5.84. The van der Waals surface area contributed by atoms with Gasteiger partial charge in [-0.15, -0.1) is 0 Å². The molecule has 0 bridgehead atoms. The van der Waals surface area contributed by atoms with E-state index in [4.69, 9.17) is 4.74 Å². The summed E-state index contributed by atoms with van der Waals surface area (Å²) in [5, 5.41) is 13.6. The number of H-pyrrole nitrogens is 1. The van der Waals surface area contributed by atoms with E-state index in [1.807, 2.05) is 0 Å². The third kappa shape index (κ3) is 4.07. The molecule has 1 aromatic heterocycles. The summed E-state index contributed by atoms with van der Waals surface area (Å²) in [7, 11) is 1.56. The van der Waals surface area contributed by atoms with Gasteiger partial charge in [0, 0.05) is 12.1 Å². The highest BCUT2D eigenvalue weighted by Gasteiger charge is 2.20. The van der Waals surface area contributed by atoms with E-state index in [9.17, 15) is 19.5 Å². The van der Waals surface area contributed by atoms with Crippen molar-refractivity contribution in [3.8, 4) is 5.75 Å². The summed E-state index contributed by atoms with van der Waals surface area (Å²) in [6.07, 6.45) is -0.915. The molecule has 0 spiro atoms. The van der Waals surface area contributed by atoms with Crippen LogP contribution in [0.3, 0.4) is 0 Å². The number of aromatic amines is 1. The summed E-state index contributed by atoms with van der Waals surface area (Å²) in [4.78, 5) is 39.6. The monoisotopic (exact) mass is 397 g/mol. The van der Waals surface area contributed by atoms with Crippen LogP contribution in [0.25, 0.3) is 10.9 Å². The minimum atomic E-state index is -0.915. The number of carbonyl (C=O) groups excluding carboxylic acids is 1. The van der Waals surface area contributed by atoms with Gasteiger partial charge in [-0.1, -0.05) is 12.1 Å². The van der Waals surface area contributed by atoms with Crippen LogP contribution < -0.4 is 21.3 Å². The van der Waals surface area contributed by atoms with Crippen LogP contribution in [-0.2, 0) is 6.54 Å². The second-order valence-electron chi connectivity index (χ2n) is 6.72. The molecule has 2 aromatic carbocycles. The van der Waals surface area contributed by atoms with Crippen molar-refractivity contribution in [2.24, 2.45) is 0 Å². The van der Waals surface area contributed by atoms with Gasteiger partial charge in [0.05, 0.1) is 30.2 Å². The van der Waals surface area contributed by atoms with Crippen LogP contribution in [0.5, 0.6) is 5.75 Å². The molecule has 1 heterocycles. The summed E-state index contributed by atoms with van der Waals surface area (Å²) in [5.74, 6) is 0.248. The van der Waals surface area contributed by atoms with Gasteiger partial charge in [0.15, 0.2) is 0 Å². The van der Waals surface area contributed by atoms with E-state index in [1.165, 1.54) is 18.2 Å². The number of aromatic nitrogens is 2. The van der Waals surface area contributed by atoms with E-state index in [1.54, 1.807) is 45.2 Å². The third-order valence-corrected chi connectivity index (χ3v) is 4.85. The number of fused-ring (bicyclic) bond motifs is 1. The number of aliphatic hydroxyl groups excluding tert-OH is 1. The van der Waals surface area contributed by atoms with Crippen LogP contribution in [-0.4, -0.2) is 33.7 Å². The van der Waals surface area contributed by atoms with Crippen LogP contribution in [0.1, 0.15) is 35.9 Å². The molecule has 0 saturated carbocycles. The molecular weight excluding hydrogens is 374 g/mol. The standard InChI is InChI=1S/C21H23N3O5/c1-4-24-20(27)16-10-7-14(11-17(16)23-21(24)28)19(26)22-12(2)18(25)13-5-8-15(29-3)9-6-13/h5-12,18,25H,4H2,1-3H3,(H,22,26)(H,23,28)/t12-,18-/m1/s1. The molecule has 0 aliphatic carbocycles. The van der Waals surface area contributed by atoms with Crippen molar-refractivity contribution in [3.63, 3.8) is 0 Å². The SMILES string of the molecule is CCn1c(=O)[nH]c2cc(C(=O)N[C@H](C)[C@@H](O)c3ccc(OC)cc3)ccc2c1=O. The highest BCUT2D eigenvalue weighted by molar-refractivity contribution is 5.97. The smallest absolute Gasteiger partial charge is 0.328 e. The lowest BCUT2D eigenvalue weighted by atomic mass is 10.0. The first-order valence-electron chi connectivity index (χ1n) is 9.25. The summed E-state index contributed by atoms with van der Waals surface area (Å²) < 4.78 is 6.19. The number of benzene rings is 2. The minimum Gasteiger partial charge on any atom is -0.497 e. The quantitative estimate of drug-likeness (QED) is 0.584. The Morgan fingerprint density at radius 1 is 1.21 bits per heavy atom. The fraction of sp³-hybridized carbons (Fsp3) is 0.286. The summed E-state index contributed by atoms with van der Waals surface area (Å²) >= 11 is 0. The summed E-state index contributed by atoms with van der Waals surface area (Å²) in [6.45, 7) is 3.66. The van der Waals surface area contributed by atoms with E-state index in [0.717, 1.165) is 4.57 Å². The molecule has 8 heteroatoms. The Hall–Kier alpha value is -3.39. The molecule has 3 rings (SSSR count). The van der Waals surface area contributed by atoms with Crippen molar-refractivity contribution in [3.05, 3.63) is 74.4 Å². The van der Waals surface area contributed by atoms with Gasteiger partial charge in [0.1, 0.15) is 5.75 Å². The van der Waals surface area contributed by atoms with E-state index in [0.29, 0.717) is 22.2 Å². The Morgan fingerprint density at radius 3 is 2.52 bits per heavy atom. The zero-order valence-electron chi connectivity index (χ0n) is 16.4. The maximum atomic E-state index is 12.6. The van der Waals surface area contributed by atoms with Crippen molar-refractivity contribution < 1.29 is 14.6 Å². The number of aliphatic hydroxyl groups is 1. The molecule has 3 N–H and O–H groups in total. The number of rotatable bonds is 6. The maximum Gasteiger partial charge on any atom is 0.328 e. The average Bonchev–Trinajstić information content (AvgIpc) is 2.73. The third-order valence-electron chi connectivity index (χ3n) is 4.85. The molecule has 29 heavy (non-hydrogen) atoms. The largest absolute Gasteiger partial charge is 0.497 e. The lowest BCUT2D eigenvalue weighted by molar-refractivity contribution is 0.0852. The molecule has 0 saturated heterocycles. The number of amides is 1. The van der Waals surface area contributed by atoms with Gasteiger partial charge < -0.3 is 20.1 Å². The Balaban J connectivity index is 1.81. The Labute approximate surface area is 166 Å². The normalized spacial score (nSPS) is 13.1. The molecule has 1 amide bonds. The van der Waals surface area contributed by atoms with E-state index < -0.39 is 29.3 Å². The van der Waals surface area contributed by atoms with Crippen molar-refractivity contribution in [2.75, 3.05) is 7.11 Å². The number of nitrogens with zero attached hydrogens (tertiary/aromatic N) is 1. The van der Waals surface area contributed by atoms with E-state index in [-0.39, 0.29) is 12.1 Å². The molecule has 8 nitrogen and oxygen atoms in total. The average molecular weight is 397 g/mol. The zero-order chi connectivity index (χ0) is 21.1. The molecule has 152 valence electrons. The predicted octanol–water partition coefficient (Wildman–Crippen LogP) is 1.57. The van der Waals surface area contributed by atoms with Gasteiger partial charge in [-0.25, -0.2) is 4.79 Å². The van der Waals surface area contributed by atoms with E-state index in [2.05, 4.69) is 10.3 Å². The molecule has 3 aromatic rings. The number of methoxy groups -OCH3 is 1. The minimum absolute atomic E-state index is 0.257. The highest BCUT2D eigenvalue weighted by atomic mass is 16.5. The molecule has 0 aliphatic rings. The van der Waals surface area contributed by atoms with Crippen LogP contribution >= 0.6 is 0 Å². The predicted molar refractivity (Wildman–Crippen MR) is 109 cm³/mol. The molecule has 0 aliphatic heterocycles. The van der Waals surface area contributed by atoms with Crippen molar-refractivity contribution in [1.29, 1.82) is 0 Å². The number of hydrogen-bond acceptors (Lipinski definition) is 5. The van der Waals surface area contributed by atoms with Crippen LogP contribution in [0.15, 0.2) is 52.1 Å². The van der Waals surface area contributed by atoms with Gasteiger partial charge in [0.2, 0.25) is 0 Å². The van der Waals surface area contributed by atoms with Crippen LogP contribution in [0, 0.1) is 0 Å². The van der Waals surface area contributed by atoms with Crippen LogP contribution in [0.2, 0.25) is 0 Å². The van der Waals surface area contributed by atoms with Crippen molar-refractivity contribution in [1.82, 2.24) is 14.9 Å². The molecular formula is C21H23N3O5. The first-order chi connectivity index (χ1) is 13.8. The fourth-order valence-corrected chi connectivity index (χ4v) is 3.14. The highest BCUT2D eigenvalue weighted by Crippen LogP contribution is 2.20. The summed E-state index contributed by atoms with van der Waals surface area (Å²) in [6, 6.07) is 10.8. The number of carbonyl (C=O) groups is 1. The summed E-state index contributed by atoms with van der Waals surface area (Å²) in [5.41, 5.74) is 0.283. The van der Waals surface area contributed by atoms with Crippen LogP contribution in [0.4, 0.5) is 0 Å². The second-order valence-corrected chi connectivity index (χ2v) is 6.72. The van der Waals surface area contributed by atoms with Gasteiger partial charge in [-0.2, -0.15) is 0 Å². The molecule has 0 unspecified atom stereocenters. The van der Waals surface area contributed by atoms with Gasteiger partial charge in [-0.3, -0.25) is 14.2 Å². The molecule has 2 atom stereocenters. The first kappa shape index (κ1) is 20.3. The maximum absolute atomic E-state index is 12.6. The second kappa shape index (κ2) is 8.32. The van der Waals surface area contributed by atoms with Crippen molar-refractivity contribution in [2.45, 2.75) is 32.5 Å². The number of ether oxygens (including phenoxy) is 1. The number of hydrogen-bond donors (Lipinski definition) is 3. The van der Waals surface area contributed by atoms with E-state index >= 15 is 0 Å². The number of nitrogens with one attached hydrogen (secondary N) is 2. The van der Waals surface area contributed by atoms with Gasteiger partial charge >= 0.3 is 5.69 Å². The first-order valence-corrected chi connectivity index (χ1v) is 9.25. The Morgan fingerprint density at radius 2 is 1.90 bits per heavy atom. The lowest BCUT2D eigenvalue weighted by Crippen LogP contribution is -2.37. The van der Waals surface area contributed by atoms with Gasteiger partial charge in [-0.05, 0) is 49.7 Å². The molecule has 0 radical (unpaired) electrons. The van der Waals surface area contributed by atoms with Crippen molar-refractivity contribution >= 4 is 16.8 Å². The topological polar surface area (TPSA) is 113 Å². The Bertz CT molecular complexity index is 1150. The zero-order valence-corrected chi connectivity index (χ0v) is 16.4. The van der Waals surface area contributed by atoms with Gasteiger partial charge in [0.25, 0.3) is 11.5 Å². The fourth-order valence-electron chi connectivity index (χ4n) is 3.14. The molecule has 0 fully saturated rings. The lowest BCUT2D eigenvalue weighted by Gasteiger charge is -2.21.